The lowest BCUT2D eigenvalue weighted by molar-refractivity contribution is 0.687. The second-order valence-corrected chi connectivity index (χ2v) is 5.48. The number of thiocarbonyl (C=S) groups is 1. The van der Waals surface area contributed by atoms with Gasteiger partial charge in [0.2, 0.25) is 0 Å². The van der Waals surface area contributed by atoms with Gasteiger partial charge in [0.1, 0.15) is 10.8 Å². The molecule has 1 aromatic carbocycles. The van der Waals surface area contributed by atoms with Crippen molar-refractivity contribution in [3.8, 4) is 0 Å². The normalized spacial score (nSPS) is 13.6. The molecule has 0 saturated carbocycles. The second kappa shape index (κ2) is 5.59. The summed E-state index contributed by atoms with van der Waals surface area (Å²) in [6, 6.07) is 10.2. The Morgan fingerprint density at radius 3 is 2.85 bits per heavy atom. The van der Waals surface area contributed by atoms with Crippen molar-refractivity contribution in [2.75, 3.05) is 5.32 Å². The summed E-state index contributed by atoms with van der Waals surface area (Å²) in [4.78, 5) is 4.73. The molecule has 4 heteroatoms. The SMILES string of the molecule is NC(=S)c1cccnc1Nc1cccc2c1CCCC2. The monoisotopic (exact) mass is 283 g/mol. The standard InChI is InChI=1S/C16H17N3S/c17-15(20)13-8-4-10-18-16(13)19-14-9-3-6-11-5-1-2-7-12(11)14/h3-4,6,8-10H,1-2,5,7H2,(H2,17,20)(H,18,19). The third-order valence-electron chi connectivity index (χ3n) is 3.72. The zero-order valence-corrected chi connectivity index (χ0v) is 12.0. The lowest BCUT2D eigenvalue weighted by atomic mass is 9.90. The van der Waals surface area contributed by atoms with E-state index in [1.54, 1.807) is 6.20 Å². The summed E-state index contributed by atoms with van der Waals surface area (Å²) in [6.45, 7) is 0. The molecule has 3 rings (SSSR count). The Morgan fingerprint density at radius 1 is 1.15 bits per heavy atom. The first kappa shape index (κ1) is 13.1. The maximum absolute atomic E-state index is 5.76. The van der Waals surface area contributed by atoms with E-state index < -0.39 is 0 Å². The Kier molecular flexibility index (Phi) is 3.65. The first-order valence-electron chi connectivity index (χ1n) is 6.88. The number of nitrogens with one attached hydrogen (secondary N) is 1. The highest BCUT2D eigenvalue weighted by Gasteiger charge is 2.14. The van der Waals surface area contributed by atoms with E-state index in [1.165, 1.54) is 24.0 Å². The van der Waals surface area contributed by atoms with E-state index in [2.05, 4.69) is 28.5 Å². The molecule has 3 N–H and O–H groups in total. The zero-order valence-electron chi connectivity index (χ0n) is 11.2. The number of nitrogens with zero attached hydrogens (tertiary/aromatic N) is 1. The highest BCUT2D eigenvalue weighted by Crippen LogP contribution is 2.30. The maximum atomic E-state index is 5.76. The average molecular weight is 283 g/mol. The summed E-state index contributed by atoms with van der Waals surface area (Å²) in [5.41, 5.74) is 10.5. The van der Waals surface area contributed by atoms with E-state index in [9.17, 15) is 0 Å². The third-order valence-corrected chi connectivity index (χ3v) is 3.94. The van der Waals surface area contributed by atoms with Gasteiger partial charge in [0.05, 0.1) is 5.56 Å². The summed E-state index contributed by atoms with van der Waals surface area (Å²) in [7, 11) is 0. The van der Waals surface area contributed by atoms with Gasteiger partial charge in [0, 0.05) is 11.9 Å². The molecule has 1 aliphatic rings. The summed E-state index contributed by atoms with van der Waals surface area (Å²) >= 11 is 5.08. The summed E-state index contributed by atoms with van der Waals surface area (Å²) < 4.78 is 0. The minimum atomic E-state index is 0.366. The van der Waals surface area contributed by atoms with Crippen molar-refractivity contribution in [1.82, 2.24) is 4.98 Å². The van der Waals surface area contributed by atoms with Crippen molar-refractivity contribution >= 4 is 28.7 Å². The number of hydrogen-bond donors (Lipinski definition) is 2. The molecule has 0 saturated heterocycles. The fraction of sp³-hybridized carbons (Fsp3) is 0.250. The smallest absolute Gasteiger partial charge is 0.140 e. The van der Waals surface area contributed by atoms with Crippen molar-refractivity contribution in [3.05, 3.63) is 53.2 Å². The van der Waals surface area contributed by atoms with Gasteiger partial charge in [-0.25, -0.2) is 4.98 Å². The third kappa shape index (κ3) is 2.51. The van der Waals surface area contributed by atoms with E-state index >= 15 is 0 Å². The van der Waals surface area contributed by atoms with Crippen LogP contribution in [0.2, 0.25) is 0 Å². The molecule has 0 aliphatic heterocycles. The summed E-state index contributed by atoms with van der Waals surface area (Å²) in [6.07, 6.45) is 6.55. The lowest BCUT2D eigenvalue weighted by Gasteiger charge is -2.20. The molecule has 0 atom stereocenters. The van der Waals surface area contributed by atoms with Crippen molar-refractivity contribution in [2.24, 2.45) is 5.73 Å². The number of rotatable bonds is 3. The Morgan fingerprint density at radius 2 is 2.00 bits per heavy atom. The lowest BCUT2D eigenvalue weighted by Crippen LogP contribution is -2.14. The van der Waals surface area contributed by atoms with Crippen LogP contribution in [0.25, 0.3) is 0 Å². The van der Waals surface area contributed by atoms with Crippen LogP contribution >= 0.6 is 12.2 Å². The Hall–Kier alpha value is -1.94. The predicted molar refractivity (Wildman–Crippen MR) is 86.5 cm³/mol. The zero-order chi connectivity index (χ0) is 13.9. The van der Waals surface area contributed by atoms with E-state index in [1.807, 2.05) is 12.1 Å². The van der Waals surface area contributed by atoms with Crippen LogP contribution in [-0.4, -0.2) is 9.97 Å². The molecule has 0 spiro atoms. The fourth-order valence-electron chi connectivity index (χ4n) is 2.73. The molecule has 1 aromatic heterocycles. The molecule has 20 heavy (non-hydrogen) atoms. The average Bonchev–Trinajstić information content (AvgIpc) is 2.48. The number of aryl methyl sites for hydroxylation is 1. The quantitative estimate of drug-likeness (QED) is 0.848. The first-order chi connectivity index (χ1) is 9.75. The van der Waals surface area contributed by atoms with Gasteiger partial charge in [-0.2, -0.15) is 0 Å². The molecule has 1 aliphatic carbocycles. The first-order valence-corrected chi connectivity index (χ1v) is 7.29. The van der Waals surface area contributed by atoms with E-state index in [4.69, 9.17) is 18.0 Å². The van der Waals surface area contributed by atoms with Crippen molar-refractivity contribution in [3.63, 3.8) is 0 Å². The van der Waals surface area contributed by atoms with E-state index in [0.29, 0.717) is 4.99 Å². The molecule has 0 bridgehead atoms. The number of hydrogen-bond acceptors (Lipinski definition) is 3. The molecule has 0 radical (unpaired) electrons. The number of fused-ring (bicyclic) bond motifs is 1. The highest BCUT2D eigenvalue weighted by atomic mass is 32.1. The summed E-state index contributed by atoms with van der Waals surface area (Å²) in [5, 5.41) is 3.40. The number of nitrogens with two attached hydrogens (primary N) is 1. The van der Waals surface area contributed by atoms with Crippen LogP contribution in [0.4, 0.5) is 11.5 Å². The van der Waals surface area contributed by atoms with Crippen molar-refractivity contribution < 1.29 is 0 Å². The van der Waals surface area contributed by atoms with E-state index in [0.717, 1.165) is 29.9 Å². The number of aromatic nitrogens is 1. The molecule has 0 fully saturated rings. The van der Waals surface area contributed by atoms with Gasteiger partial charge in [-0.1, -0.05) is 24.4 Å². The Labute approximate surface area is 124 Å². The van der Waals surface area contributed by atoms with Crippen molar-refractivity contribution in [2.45, 2.75) is 25.7 Å². The number of pyridine rings is 1. The predicted octanol–water partition coefficient (Wildman–Crippen LogP) is 3.34. The molecule has 102 valence electrons. The topological polar surface area (TPSA) is 50.9 Å². The molecular formula is C16H17N3S. The van der Waals surface area contributed by atoms with Gasteiger partial charge in [0.25, 0.3) is 0 Å². The van der Waals surface area contributed by atoms with Crippen molar-refractivity contribution in [1.29, 1.82) is 0 Å². The van der Waals surface area contributed by atoms with Crippen LogP contribution in [0.15, 0.2) is 36.5 Å². The van der Waals surface area contributed by atoms with Crippen LogP contribution in [0.3, 0.4) is 0 Å². The fourth-order valence-corrected chi connectivity index (χ4v) is 2.89. The highest BCUT2D eigenvalue weighted by molar-refractivity contribution is 7.80. The molecule has 1 heterocycles. The van der Waals surface area contributed by atoms with Gasteiger partial charge in [-0.05, 0) is 55.0 Å². The van der Waals surface area contributed by atoms with Crippen LogP contribution in [-0.2, 0) is 12.8 Å². The minimum Gasteiger partial charge on any atom is -0.389 e. The number of anilines is 2. The molecule has 3 nitrogen and oxygen atoms in total. The van der Waals surface area contributed by atoms with Gasteiger partial charge >= 0.3 is 0 Å². The van der Waals surface area contributed by atoms with Gasteiger partial charge in [0.15, 0.2) is 0 Å². The van der Waals surface area contributed by atoms with Gasteiger partial charge in [-0.3, -0.25) is 0 Å². The largest absolute Gasteiger partial charge is 0.389 e. The van der Waals surface area contributed by atoms with Crippen LogP contribution in [0, 0.1) is 0 Å². The Bertz CT molecular complexity index is 652. The molecular weight excluding hydrogens is 266 g/mol. The minimum absolute atomic E-state index is 0.366. The van der Waals surface area contributed by atoms with Crippen LogP contribution < -0.4 is 11.1 Å². The van der Waals surface area contributed by atoms with Gasteiger partial charge < -0.3 is 11.1 Å². The molecule has 0 amide bonds. The van der Waals surface area contributed by atoms with Gasteiger partial charge in [-0.15, -0.1) is 0 Å². The Balaban J connectivity index is 1.98. The summed E-state index contributed by atoms with van der Waals surface area (Å²) in [5.74, 6) is 0.735. The van der Waals surface area contributed by atoms with Crippen LogP contribution in [0.5, 0.6) is 0 Å². The molecule has 0 unspecified atom stereocenters. The maximum Gasteiger partial charge on any atom is 0.140 e. The van der Waals surface area contributed by atoms with E-state index in [-0.39, 0.29) is 0 Å². The van der Waals surface area contributed by atoms with Crippen LogP contribution in [0.1, 0.15) is 29.5 Å². The number of benzene rings is 1. The molecule has 2 aromatic rings. The second-order valence-electron chi connectivity index (χ2n) is 5.04.